The number of hydrogen-bond acceptors (Lipinski definition) is 4. The third kappa shape index (κ3) is 4.36. The molecule has 0 aliphatic heterocycles. The summed E-state index contributed by atoms with van der Waals surface area (Å²) in [6.07, 6.45) is -1.74. The van der Waals surface area contributed by atoms with Crippen molar-refractivity contribution in [2.75, 3.05) is 5.32 Å². The Kier molecular flexibility index (Phi) is 7.00. The summed E-state index contributed by atoms with van der Waals surface area (Å²) in [4.78, 5) is 10.8. The van der Waals surface area contributed by atoms with Gasteiger partial charge in [0.05, 0.1) is 21.7 Å². The van der Waals surface area contributed by atoms with E-state index in [1.807, 2.05) is 0 Å². The average Bonchev–Trinajstić information content (AvgIpc) is 2.42. The number of carbonyl (C=O) groups excluding carboxylic acids is 1. The summed E-state index contributed by atoms with van der Waals surface area (Å²) < 4.78 is 0. The second-order valence-electron chi connectivity index (χ2n) is 4.03. The van der Waals surface area contributed by atoms with Gasteiger partial charge in [0.2, 0.25) is 0 Å². The zero-order valence-corrected chi connectivity index (χ0v) is 14.7. The normalized spacial score (nSPS) is 11.4. The molecule has 7 heteroatoms. The Morgan fingerprint density at radius 1 is 1.10 bits per heavy atom. The average molecular weight is 334 g/mol. The zero-order valence-electron chi connectivity index (χ0n) is 11.1. The molecule has 2 aromatic rings. The first-order chi connectivity index (χ1) is 9.50. The molecule has 0 radical (unpaired) electrons. The summed E-state index contributed by atoms with van der Waals surface area (Å²) in [6.45, 7) is 0. The Bertz CT molecular complexity index is 632. The molecule has 0 bridgehead atoms. The number of anilines is 2. The smallest absolute Gasteiger partial charge is 0.547 e. The molecule has 0 heterocycles. The monoisotopic (exact) mass is 333 g/mol. The van der Waals surface area contributed by atoms with Crippen LogP contribution >= 0.6 is 23.2 Å². The minimum Gasteiger partial charge on any atom is -0.547 e. The first kappa shape index (κ1) is 18.3. The van der Waals surface area contributed by atoms with Crippen molar-refractivity contribution in [3.05, 3.63) is 58.1 Å². The number of hydrogen-bond donors (Lipinski definition) is 2. The van der Waals surface area contributed by atoms with Crippen molar-refractivity contribution < 1.29 is 44.6 Å². The van der Waals surface area contributed by atoms with Crippen LogP contribution in [0.5, 0.6) is 0 Å². The number of halogens is 2. The van der Waals surface area contributed by atoms with E-state index < -0.39 is 12.1 Å². The Labute approximate surface area is 154 Å². The Morgan fingerprint density at radius 2 is 1.67 bits per heavy atom. The molecule has 2 N–H and O–H groups in total. The van der Waals surface area contributed by atoms with Crippen LogP contribution in [0.2, 0.25) is 10.0 Å². The SMILES string of the molecule is O=C([O-])C(O)c1ccccc1Nc1c(Cl)cccc1Cl.[Na+]. The van der Waals surface area contributed by atoms with Gasteiger partial charge in [-0.15, -0.1) is 0 Å². The fourth-order valence-corrected chi connectivity index (χ4v) is 2.22. The van der Waals surface area contributed by atoms with Gasteiger partial charge in [-0.3, -0.25) is 0 Å². The molecule has 1 unspecified atom stereocenters. The number of carbonyl (C=O) groups is 1. The number of aliphatic carboxylic acids is 1. The summed E-state index contributed by atoms with van der Waals surface area (Å²) in [5.41, 5.74) is 0.997. The molecule has 0 saturated carbocycles. The van der Waals surface area contributed by atoms with Crippen LogP contribution in [0.4, 0.5) is 11.4 Å². The number of benzene rings is 2. The Morgan fingerprint density at radius 3 is 2.24 bits per heavy atom. The molecule has 0 saturated heterocycles. The topological polar surface area (TPSA) is 72.4 Å². The van der Waals surface area contributed by atoms with Crippen LogP contribution in [-0.4, -0.2) is 11.1 Å². The number of para-hydroxylation sites is 2. The van der Waals surface area contributed by atoms with Crippen molar-refractivity contribution in [1.29, 1.82) is 0 Å². The number of aliphatic hydroxyl groups is 1. The van der Waals surface area contributed by atoms with E-state index >= 15 is 0 Å². The number of nitrogens with one attached hydrogen (secondary N) is 1. The van der Waals surface area contributed by atoms with Gasteiger partial charge in [0.25, 0.3) is 0 Å². The third-order valence-electron chi connectivity index (χ3n) is 2.70. The van der Waals surface area contributed by atoms with E-state index in [2.05, 4.69) is 5.32 Å². The predicted molar refractivity (Wildman–Crippen MR) is 76.2 cm³/mol. The quantitative estimate of drug-likeness (QED) is 0.742. The van der Waals surface area contributed by atoms with E-state index in [0.29, 0.717) is 21.4 Å². The summed E-state index contributed by atoms with van der Waals surface area (Å²) >= 11 is 12.1. The first-order valence-electron chi connectivity index (χ1n) is 5.69. The molecule has 0 aliphatic rings. The Balaban J connectivity index is 0.00000220. The summed E-state index contributed by atoms with van der Waals surface area (Å²) in [5.74, 6) is -1.58. The molecule has 4 nitrogen and oxygen atoms in total. The molecule has 2 aromatic carbocycles. The maximum atomic E-state index is 10.8. The first-order valence-corrected chi connectivity index (χ1v) is 6.45. The predicted octanol–water partition coefficient (Wildman–Crippen LogP) is -0.476. The van der Waals surface area contributed by atoms with Crippen molar-refractivity contribution in [3.63, 3.8) is 0 Å². The Hall–Kier alpha value is -0.750. The fraction of sp³-hybridized carbons (Fsp3) is 0.0714. The van der Waals surface area contributed by atoms with Gasteiger partial charge in [0.15, 0.2) is 0 Å². The zero-order chi connectivity index (χ0) is 14.7. The van der Waals surface area contributed by atoms with Gasteiger partial charge in [0, 0.05) is 11.3 Å². The van der Waals surface area contributed by atoms with Crippen LogP contribution in [0.25, 0.3) is 0 Å². The minimum atomic E-state index is -1.74. The van der Waals surface area contributed by atoms with Crippen LogP contribution in [0.15, 0.2) is 42.5 Å². The number of rotatable bonds is 4. The maximum absolute atomic E-state index is 10.8. The van der Waals surface area contributed by atoms with Crippen molar-refractivity contribution in [2.24, 2.45) is 0 Å². The van der Waals surface area contributed by atoms with Crippen LogP contribution in [0.3, 0.4) is 0 Å². The molecule has 0 aliphatic carbocycles. The second-order valence-corrected chi connectivity index (χ2v) is 4.84. The fourth-order valence-electron chi connectivity index (χ4n) is 1.73. The number of aliphatic hydroxyl groups excluding tert-OH is 1. The van der Waals surface area contributed by atoms with Crippen LogP contribution in [0, 0.1) is 0 Å². The largest absolute Gasteiger partial charge is 1.00 e. The van der Waals surface area contributed by atoms with Gasteiger partial charge in [0.1, 0.15) is 6.10 Å². The standard InChI is InChI=1S/C14H11Cl2NO3.Na/c15-9-5-3-6-10(16)12(9)17-11-7-2-1-4-8(11)13(18)14(19)20;/h1-7,13,17-18H,(H,19,20);/q;+1/p-1. The van der Waals surface area contributed by atoms with E-state index in [9.17, 15) is 15.0 Å². The minimum absolute atomic E-state index is 0. The molecule has 1 atom stereocenters. The van der Waals surface area contributed by atoms with Crippen molar-refractivity contribution in [1.82, 2.24) is 0 Å². The molecular weight excluding hydrogens is 324 g/mol. The molecule has 0 aromatic heterocycles. The van der Waals surface area contributed by atoms with Gasteiger partial charge >= 0.3 is 29.6 Å². The van der Waals surface area contributed by atoms with Gasteiger partial charge in [-0.2, -0.15) is 0 Å². The third-order valence-corrected chi connectivity index (χ3v) is 3.33. The van der Waals surface area contributed by atoms with E-state index in [-0.39, 0.29) is 35.1 Å². The second kappa shape index (κ2) is 8.03. The van der Waals surface area contributed by atoms with Gasteiger partial charge < -0.3 is 20.3 Å². The molecule has 0 fully saturated rings. The van der Waals surface area contributed by atoms with E-state index in [1.165, 1.54) is 6.07 Å². The van der Waals surface area contributed by atoms with Crippen molar-refractivity contribution >= 4 is 40.5 Å². The van der Waals surface area contributed by atoms with Gasteiger partial charge in [-0.25, -0.2) is 0 Å². The summed E-state index contributed by atoms with van der Waals surface area (Å²) in [5, 5.41) is 24.1. The maximum Gasteiger partial charge on any atom is 1.00 e. The van der Waals surface area contributed by atoms with Crippen LogP contribution < -0.4 is 40.0 Å². The van der Waals surface area contributed by atoms with Crippen molar-refractivity contribution in [3.8, 4) is 0 Å². The van der Waals surface area contributed by atoms with Crippen molar-refractivity contribution in [2.45, 2.75) is 6.10 Å². The van der Waals surface area contributed by atoms with E-state index in [0.717, 1.165) is 0 Å². The molecule has 21 heavy (non-hydrogen) atoms. The van der Waals surface area contributed by atoms with Crippen LogP contribution in [-0.2, 0) is 4.79 Å². The summed E-state index contributed by atoms with van der Waals surface area (Å²) in [6, 6.07) is 11.4. The van der Waals surface area contributed by atoms with Gasteiger partial charge in [-0.1, -0.05) is 47.5 Å². The number of carboxylic acid groups (broad SMARTS) is 1. The molecule has 0 amide bonds. The molecule has 2 rings (SSSR count). The van der Waals surface area contributed by atoms with Crippen LogP contribution in [0.1, 0.15) is 11.7 Å². The van der Waals surface area contributed by atoms with E-state index in [4.69, 9.17) is 23.2 Å². The molecule has 0 spiro atoms. The molecular formula is C14H10Cl2NNaO3. The summed E-state index contributed by atoms with van der Waals surface area (Å²) in [7, 11) is 0. The van der Waals surface area contributed by atoms with Gasteiger partial charge in [-0.05, 0) is 18.2 Å². The molecule has 104 valence electrons. The van der Waals surface area contributed by atoms with E-state index in [1.54, 1.807) is 36.4 Å². The number of carboxylic acids is 1.